The Morgan fingerprint density at radius 3 is 3.20 bits per heavy atom. The molecule has 0 saturated heterocycles. The molecule has 1 heterocycles. The lowest BCUT2D eigenvalue weighted by Gasteiger charge is -1.89. The Labute approximate surface area is 88.0 Å². The fourth-order valence-corrected chi connectivity index (χ4v) is 1.33. The maximum atomic E-state index is 5.01. The van der Waals surface area contributed by atoms with Crippen LogP contribution in [-0.4, -0.2) is 23.0 Å². The van der Waals surface area contributed by atoms with Gasteiger partial charge in [0, 0.05) is 0 Å². The molecule has 2 rings (SSSR count). The highest BCUT2D eigenvalue weighted by molar-refractivity contribution is 5.78. The zero-order valence-electron chi connectivity index (χ0n) is 8.82. The van der Waals surface area contributed by atoms with Gasteiger partial charge in [-0.3, -0.25) is 0 Å². The van der Waals surface area contributed by atoms with Crippen LogP contribution in [0.3, 0.4) is 0 Å². The summed E-state index contributed by atoms with van der Waals surface area (Å²) in [4.78, 5) is 11.4. The minimum absolute atomic E-state index is 0.573. The summed E-state index contributed by atoms with van der Waals surface area (Å²) in [7, 11) is 0. The summed E-state index contributed by atoms with van der Waals surface area (Å²) in [5.74, 6) is 0.573. The fraction of sp³-hybridized carbons (Fsp3) is 0.273. The van der Waals surface area contributed by atoms with Crippen LogP contribution in [0, 0.1) is 6.92 Å². The molecule has 4 nitrogen and oxygen atoms in total. The van der Waals surface area contributed by atoms with E-state index in [0.29, 0.717) is 12.6 Å². The van der Waals surface area contributed by atoms with E-state index in [-0.39, 0.29) is 0 Å². The van der Waals surface area contributed by atoms with Crippen molar-refractivity contribution in [1.29, 1.82) is 0 Å². The summed E-state index contributed by atoms with van der Waals surface area (Å²) in [6.45, 7) is 4.57. The molecule has 0 spiro atoms. The summed E-state index contributed by atoms with van der Waals surface area (Å²) in [6.07, 6.45) is 1.41. The third-order valence-corrected chi connectivity index (χ3v) is 2.04. The van der Waals surface area contributed by atoms with Gasteiger partial charge in [-0.15, -0.1) is 0 Å². The van der Waals surface area contributed by atoms with Crippen molar-refractivity contribution in [1.82, 2.24) is 9.97 Å². The molecule has 0 amide bonds. The van der Waals surface area contributed by atoms with Gasteiger partial charge in [0.1, 0.15) is 0 Å². The van der Waals surface area contributed by atoms with Crippen LogP contribution in [0.2, 0.25) is 0 Å². The molecule has 0 atom stereocenters. The van der Waals surface area contributed by atoms with Gasteiger partial charge in [-0.25, -0.2) is 4.98 Å². The second kappa shape index (κ2) is 4.13. The van der Waals surface area contributed by atoms with Crippen LogP contribution in [-0.2, 0) is 4.74 Å². The van der Waals surface area contributed by atoms with Crippen molar-refractivity contribution in [2.24, 2.45) is 4.99 Å². The first-order valence-electron chi connectivity index (χ1n) is 4.90. The zero-order chi connectivity index (χ0) is 10.7. The third kappa shape index (κ3) is 2.15. The normalized spacial score (nSPS) is 11.3. The first-order valence-corrected chi connectivity index (χ1v) is 4.90. The average Bonchev–Trinajstić information content (AvgIpc) is 2.60. The zero-order valence-corrected chi connectivity index (χ0v) is 8.82. The Kier molecular flexibility index (Phi) is 2.67. The van der Waals surface area contributed by atoms with E-state index < -0.39 is 0 Å². The van der Waals surface area contributed by atoms with Gasteiger partial charge in [0.15, 0.2) is 6.40 Å². The first kappa shape index (κ1) is 9.71. The highest BCUT2D eigenvalue weighted by Gasteiger charge is 2.00. The van der Waals surface area contributed by atoms with E-state index in [0.717, 1.165) is 11.0 Å². The molecule has 0 aliphatic carbocycles. The molecular weight excluding hydrogens is 190 g/mol. The first-order chi connectivity index (χ1) is 7.29. The number of rotatable bonds is 3. The maximum Gasteiger partial charge on any atom is 0.230 e. The molecule has 1 aromatic carbocycles. The largest absolute Gasteiger partial charge is 0.483 e. The van der Waals surface area contributed by atoms with E-state index in [1.54, 1.807) is 0 Å². The molecule has 0 unspecified atom stereocenters. The number of hydrogen-bond acceptors (Lipinski definition) is 3. The summed E-state index contributed by atoms with van der Waals surface area (Å²) in [5.41, 5.74) is 3.12. The molecule has 0 aliphatic rings. The topological polar surface area (TPSA) is 50.3 Å². The lowest BCUT2D eigenvalue weighted by molar-refractivity contribution is 0.344. The smallest absolute Gasteiger partial charge is 0.230 e. The molecule has 0 radical (unpaired) electrons. The van der Waals surface area contributed by atoms with Gasteiger partial charge in [0.25, 0.3) is 0 Å². The molecule has 15 heavy (non-hydrogen) atoms. The monoisotopic (exact) mass is 203 g/mol. The van der Waals surface area contributed by atoms with Crippen LogP contribution in [0.25, 0.3) is 11.0 Å². The number of aromatic nitrogens is 2. The van der Waals surface area contributed by atoms with Gasteiger partial charge < -0.3 is 9.72 Å². The molecule has 0 bridgehead atoms. The molecule has 2 aromatic rings. The standard InChI is InChI=1S/C11H13N3O/c1-3-15-7-12-11-13-9-5-4-8(2)6-10(9)14-11/h4-7H,3H2,1-2H3,(H,13,14). The predicted molar refractivity (Wildman–Crippen MR) is 60.6 cm³/mol. The number of nitrogens with one attached hydrogen (secondary N) is 1. The molecule has 78 valence electrons. The van der Waals surface area contributed by atoms with Crippen LogP contribution in [0.15, 0.2) is 23.2 Å². The Morgan fingerprint density at radius 1 is 1.53 bits per heavy atom. The van der Waals surface area contributed by atoms with Crippen molar-refractivity contribution in [2.75, 3.05) is 6.61 Å². The van der Waals surface area contributed by atoms with Crippen LogP contribution < -0.4 is 0 Å². The lowest BCUT2D eigenvalue weighted by Crippen LogP contribution is -1.83. The van der Waals surface area contributed by atoms with E-state index >= 15 is 0 Å². The van der Waals surface area contributed by atoms with Crippen molar-refractivity contribution >= 4 is 23.4 Å². The van der Waals surface area contributed by atoms with E-state index in [1.807, 2.05) is 32.0 Å². The van der Waals surface area contributed by atoms with Crippen molar-refractivity contribution in [3.8, 4) is 0 Å². The van der Waals surface area contributed by atoms with Crippen molar-refractivity contribution in [2.45, 2.75) is 13.8 Å². The Hall–Kier alpha value is -1.84. The van der Waals surface area contributed by atoms with Crippen molar-refractivity contribution in [3.63, 3.8) is 0 Å². The summed E-state index contributed by atoms with van der Waals surface area (Å²) in [6, 6.07) is 6.04. The number of H-pyrrole nitrogens is 1. The predicted octanol–water partition coefficient (Wildman–Crippen LogP) is 2.57. The SMILES string of the molecule is CCOC=Nc1nc2ccc(C)cc2[nH]1. The van der Waals surface area contributed by atoms with Gasteiger partial charge in [0.2, 0.25) is 5.95 Å². The van der Waals surface area contributed by atoms with Crippen LogP contribution in [0.5, 0.6) is 0 Å². The average molecular weight is 203 g/mol. The number of aryl methyl sites for hydroxylation is 1. The van der Waals surface area contributed by atoms with Crippen molar-refractivity contribution < 1.29 is 4.74 Å². The van der Waals surface area contributed by atoms with Gasteiger partial charge in [-0.05, 0) is 31.5 Å². The quantitative estimate of drug-likeness (QED) is 0.615. The number of fused-ring (bicyclic) bond motifs is 1. The summed E-state index contributed by atoms with van der Waals surface area (Å²) in [5, 5.41) is 0. The van der Waals surface area contributed by atoms with E-state index in [2.05, 4.69) is 15.0 Å². The molecule has 0 aliphatic heterocycles. The fourth-order valence-electron chi connectivity index (χ4n) is 1.33. The number of benzene rings is 1. The number of aromatic amines is 1. The molecule has 0 saturated carbocycles. The van der Waals surface area contributed by atoms with E-state index in [9.17, 15) is 0 Å². The highest BCUT2D eigenvalue weighted by atomic mass is 16.5. The lowest BCUT2D eigenvalue weighted by atomic mass is 10.2. The summed E-state index contributed by atoms with van der Waals surface area (Å²) < 4.78 is 5.01. The van der Waals surface area contributed by atoms with Gasteiger partial charge >= 0.3 is 0 Å². The van der Waals surface area contributed by atoms with Gasteiger partial charge in [-0.1, -0.05) is 6.07 Å². The number of nitrogens with zero attached hydrogens (tertiary/aromatic N) is 2. The molecule has 1 aromatic heterocycles. The van der Waals surface area contributed by atoms with Crippen LogP contribution in [0.1, 0.15) is 12.5 Å². The molecular formula is C11H13N3O. The summed E-state index contributed by atoms with van der Waals surface area (Å²) >= 11 is 0. The number of aliphatic imine (C=N–C) groups is 1. The second-order valence-electron chi connectivity index (χ2n) is 3.27. The van der Waals surface area contributed by atoms with E-state index in [4.69, 9.17) is 4.74 Å². The second-order valence-corrected chi connectivity index (χ2v) is 3.27. The minimum atomic E-state index is 0.573. The van der Waals surface area contributed by atoms with Crippen LogP contribution in [0.4, 0.5) is 5.95 Å². The molecule has 0 fully saturated rings. The van der Waals surface area contributed by atoms with Gasteiger partial charge in [0.05, 0.1) is 17.6 Å². The Balaban J connectivity index is 2.30. The Bertz CT molecular complexity index is 488. The molecule has 1 N–H and O–H groups in total. The van der Waals surface area contributed by atoms with Crippen molar-refractivity contribution in [3.05, 3.63) is 23.8 Å². The van der Waals surface area contributed by atoms with E-state index in [1.165, 1.54) is 12.0 Å². The maximum absolute atomic E-state index is 5.01. The van der Waals surface area contributed by atoms with Crippen LogP contribution >= 0.6 is 0 Å². The number of ether oxygens (including phenoxy) is 1. The number of hydrogen-bond donors (Lipinski definition) is 1. The van der Waals surface area contributed by atoms with Gasteiger partial charge in [-0.2, -0.15) is 4.99 Å². The number of imidazole rings is 1. The highest BCUT2D eigenvalue weighted by Crippen LogP contribution is 2.16. The Morgan fingerprint density at radius 2 is 2.40 bits per heavy atom. The molecule has 4 heteroatoms. The minimum Gasteiger partial charge on any atom is -0.483 e. The third-order valence-electron chi connectivity index (χ3n) is 2.04.